The predicted molar refractivity (Wildman–Crippen MR) is 73.9 cm³/mol. The van der Waals surface area contributed by atoms with Crippen LogP contribution in [0, 0.1) is 0 Å². The van der Waals surface area contributed by atoms with Crippen molar-refractivity contribution < 1.29 is 4.79 Å². The van der Waals surface area contributed by atoms with Gasteiger partial charge in [-0.2, -0.15) is 0 Å². The summed E-state index contributed by atoms with van der Waals surface area (Å²) >= 11 is 0. The smallest absolute Gasteiger partial charge is 0.221 e. The fourth-order valence-electron chi connectivity index (χ4n) is 0.970. The van der Waals surface area contributed by atoms with Gasteiger partial charge >= 0.3 is 0 Å². The second-order valence-electron chi connectivity index (χ2n) is 4.48. The van der Waals surface area contributed by atoms with Crippen LogP contribution in [0.25, 0.3) is 0 Å². The molecule has 0 aromatic heterocycles. The van der Waals surface area contributed by atoms with Crippen molar-refractivity contribution in [2.24, 2.45) is 0 Å². The summed E-state index contributed by atoms with van der Waals surface area (Å²) < 4.78 is 0.251. The van der Waals surface area contributed by atoms with Crippen LogP contribution < -0.4 is 5.32 Å². The number of carbonyl (C=O) groups excluding carboxylic acids is 1. The summed E-state index contributed by atoms with van der Waals surface area (Å²) in [6.45, 7) is 8.08. The van der Waals surface area contributed by atoms with Crippen molar-refractivity contribution in [3.05, 3.63) is 24.3 Å². The molecule has 0 saturated carbocycles. The van der Waals surface area contributed by atoms with E-state index < -0.39 is 0 Å². The lowest BCUT2D eigenvalue weighted by Crippen LogP contribution is -2.05. The number of hydrogen-bond acceptors (Lipinski definition) is 3. The number of benzene rings is 1. The minimum absolute atomic E-state index is 0.0375. The van der Waals surface area contributed by atoms with E-state index in [4.69, 9.17) is 0 Å². The van der Waals surface area contributed by atoms with Gasteiger partial charge in [0.1, 0.15) is 0 Å². The van der Waals surface area contributed by atoms with Crippen molar-refractivity contribution in [1.29, 1.82) is 0 Å². The third kappa shape index (κ3) is 5.47. The molecule has 1 aromatic rings. The first-order chi connectivity index (χ1) is 7.37. The van der Waals surface area contributed by atoms with Crippen LogP contribution in [0.3, 0.4) is 0 Å². The highest BCUT2D eigenvalue weighted by molar-refractivity contribution is 8.77. The van der Waals surface area contributed by atoms with E-state index in [9.17, 15) is 4.79 Å². The van der Waals surface area contributed by atoms with Crippen LogP contribution in [0.5, 0.6) is 0 Å². The first-order valence-electron chi connectivity index (χ1n) is 5.10. The van der Waals surface area contributed by atoms with Crippen LogP contribution in [0.2, 0.25) is 0 Å². The Morgan fingerprint density at radius 2 is 1.75 bits per heavy atom. The lowest BCUT2D eigenvalue weighted by atomic mass is 10.3. The van der Waals surface area contributed by atoms with Gasteiger partial charge in [0.15, 0.2) is 0 Å². The van der Waals surface area contributed by atoms with E-state index in [-0.39, 0.29) is 10.7 Å². The molecule has 0 aliphatic rings. The van der Waals surface area contributed by atoms with Gasteiger partial charge < -0.3 is 5.32 Å². The topological polar surface area (TPSA) is 29.1 Å². The molecular weight excluding hydrogens is 238 g/mol. The molecule has 0 aliphatic carbocycles. The quantitative estimate of drug-likeness (QED) is 0.821. The maximum Gasteiger partial charge on any atom is 0.221 e. The van der Waals surface area contributed by atoms with Gasteiger partial charge in [0.25, 0.3) is 0 Å². The maximum atomic E-state index is 10.8. The minimum atomic E-state index is -0.0375. The summed E-state index contributed by atoms with van der Waals surface area (Å²) in [5, 5.41) is 2.75. The first kappa shape index (κ1) is 13.5. The van der Waals surface area contributed by atoms with Crippen LogP contribution in [0.15, 0.2) is 29.2 Å². The van der Waals surface area contributed by atoms with Gasteiger partial charge in [0.2, 0.25) is 5.91 Å². The van der Waals surface area contributed by atoms with Crippen molar-refractivity contribution in [2.45, 2.75) is 37.3 Å². The van der Waals surface area contributed by atoms with Gasteiger partial charge in [-0.25, -0.2) is 0 Å². The molecule has 1 amide bonds. The van der Waals surface area contributed by atoms with E-state index in [0.717, 1.165) is 5.69 Å². The molecule has 1 N–H and O–H groups in total. The van der Waals surface area contributed by atoms with Gasteiger partial charge in [0, 0.05) is 22.3 Å². The van der Waals surface area contributed by atoms with Crippen molar-refractivity contribution >= 4 is 33.2 Å². The second-order valence-corrected chi connectivity index (χ2v) is 7.51. The van der Waals surface area contributed by atoms with Gasteiger partial charge in [-0.15, -0.1) is 0 Å². The first-order valence-corrected chi connectivity index (χ1v) is 7.25. The van der Waals surface area contributed by atoms with E-state index in [1.807, 2.05) is 35.1 Å². The Bertz CT molecular complexity index is 354. The second kappa shape index (κ2) is 5.64. The lowest BCUT2D eigenvalue weighted by molar-refractivity contribution is -0.114. The van der Waals surface area contributed by atoms with Crippen molar-refractivity contribution in [1.82, 2.24) is 0 Å². The van der Waals surface area contributed by atoms with E-state index in [2.05, 4.69) is 26.1 Å². The summed E-state index contributed by atoms with van der Waals surface area (Å²) in [5.74, 6) is -0.0375. The number of amides is 1. The average Bonchev–Trinajstić information content (AvgIpc) is 2.14. The fraction of sp³-hybridized carbons (Fsp3) is 0.417. The Balaban J connectivity index is 2.55. The normalized spacial score (nSPS) is 11.2. The zero-order chi connectivity index (χ0) is 12.2. The average molecular weight is 255 g/mol. The van der Waals surface area contributed by atoms with Gasteiger partial charge in [-0.1, -0.05) is 42.4 Å². The summed E-state index contributed by atoms with van der Waals surface area (Å²) in [6.07, 6.45) is 0. The van der Waals surface area contributed by atoms with Crippen LogP contribution in [-0.4, -0.2) is 10.7 Å². The lowest BCUT2D eigenvalue weighted by Gasteiger charge is -2.16. The highest BCUT2D eigenvalue weighted by Gasteiger charge is 2.11. The molecule has 16 heavy (non-hydrogen) atoms. The summed E-state index contributed by atoms with van der Waals surface area (Å²) in [7, 11) is 3.59. The predicted octanol–water partition coefficient (Wildman–Crippen LogP) is 4.18. The molecule has 1 rings (SSSR count). The molecule has 0 heterocycles. The molecule has 4 heteroatoms. The van der Waals surface area contributed by atoms with E-state index in [1.165, 1.54) is 11.8 Å². The summed E-state index contributed by atoms with van der Waals surface area (Å²) in [4.78, 5) is 12.0. The Morgan fingerprint density at radius 1 is 1.19 bits per heavy atom. The van der Waals surface area contributed by atoms with Crippen molar-refractivity contribution in [3.8, 4) is 0 Å². The molecule has 0 fully saturated rings. The molecular formula is C12H17NOS2. The molecule has 0 spiro atoms. The summed E-state index contributed by atoms with van der Waals surface area (Å²) in [6, 6.07) is 7.89. The van der Waals surface area contributed by atoms with Crippen LogP contribution in [0.1, 0.15) is 27.7 Å². The number of hydrogen-bond donors (Lipinski definition) is 1. The number of nitrogens with one attached hydrogen (secondary N) is 1. The van der Waals surface area contributed by atoms with Crippen molar-refractivity contribution in [3.63, 3.8) is 0 Å². The van der Waals surface area contributed by atoms with E-state index in [0.29, 0.717) is 0 Å². The molecule has 2 nitrogen and oxygen atoms in total. The van der Waals surface area contributed by atoms with Crippen molar-refractivity contribution in [2.75, 3.05) is 5.32 Å². The Hall–Kier alpha value is -0.610. The Kier molecular flexibility index (Phi) is 4.74. The van der Waals surface area contributed by atoms with Gasteiger partial charge in [-0.05, 0) is 24.3 Å². The molecule has 1 aromatic carbocycles. The molecule has 0 saturated heterocycles. The summed E-state index contributed by atoms with van der Waals surface area (Å²) in [5.41, 5.74) is 0.845. The minimum Gasteiger partial charge on any atom is -0.326 e. The van der Waals surface area contributed by atoms with Crippen LogP contribution in [-0.2, 0) is 4.79 Å². The van der Waals surface area contributed by atoms with Crippen LogP contribution >= 0.6 is 21.6 Å². The molecule has 0 radical (unpaired) electrons. The fourth-order valence-corrected chi connectivity index (χ4v) is 2.94. The Labute approximate surface area is 105 Å². The SMILES string of the molecule is CC(=O)Nc1ccc(SSC(C)(C)C)cc1. The zero-order valence-corrected chi connectivity index (χ0v) is 11.7. The largest absolute Gasteiger partial charge is 0.326 e. The maximum absolute atomic E-state index is 10.8. The number of carbonyl (C=O) groups is 1. The van der Waals surface area contributed by atoms with Crippen LogP contribution in [0.4, 0.5) is 5.69 Å². The van der Waals surface area contributed by atoms with Gasteiger partial charge in [0.05, 0.1) is 0 Å². The highest BCUT2D eigenvalue weighted by Crippen LogP contribution is 2.40. The standard InChI is InChI=1S/C12H17NOS2/c1-9(14)13-10-5-7-11(8-6-10)15-16-12(2,3)4/h5-8H,1-4H3,(H,13,14). The monoisotopic (exact) mass is 255 g/mol. The zero-order valence-electron chi connectivity index (χ0n) is 10.0. The van der Waals surface area contributed by atoms with E-state index in [1.54, 1.807) is 10.8 Å². The number of anilines is 1. The Morgan fingerprint density at radius 3 is 2.19 bits per heavy atom. The molecule has 88 valence electrons. The molecule has 0 atom stereocenters. The van der Waals surface area contributed by atoms with Gasteiger partial charge in [-0.3, -0.25) is 4.79 Å². The third-order valence-electron chi connectivity index (χ3n) is 1.56. The van der Waals surface area contributed by atoms with E-state index >= 15 is 0 Å². The molecule has 0 unspecified atom stereocenters. The molecule has 0 bridgehead atoms. The highest BCUT2D eigenvalue weighted by atomic mass is 33.1. The third-order valence-corrected chi connectivity index (χ3v) is 4.94. The number of rotatable bonds is 3. The molecule has 0 aliphatic heterocycles.